The molecule has 34 heavy (non-hydrogen) atoms. The molecule has 1 aromatic rings. The smallest absolute Gasteiger partial charge is 0.325 e. The van der Waals surface area contributed by atoms with E-state index in [1.807, 2.05) is 6.92 Å². The normalized spacial score (nSPS) is 26.7. The van der Waals surface area contributed by atoms with Crippen LogP contribution in [0, 0.1) is 11.8 Å². The summed E-state index contributed by atoms with van der Waals surface area (Å²) in [6, 6.07) is 4.77. The van der Waals surface area contributed by atoms with E-state index in [1.165, 1.54) is 0 Å². The van der Waals surface area contributed by atoms with Gasteiger partial charge in [-0.1, -0.05) is 19.8 Å². The Morgan fingerprint density at radius 1 is 1.12 bits per heavy atom. The zero-order chi connectivity index (χ0) is 23.9. The molecular weight excluding hydrogens is 440 g/mol. The molecule has 2 saturated heterocycles. The number of rotatable bonds is 4. The largest absolute Gasteiger partial charge is 0.454 e. The van der Waals surface area contributed by atoms with Gasteiger partial charge in [0.1, 0.15) is 12.1 Å². The molecule has 1 spiro atoms. The lowest BCUT2D eigenvalue weighted by atomic mass is 9.73. The summed E-state index contributed by atoms with van der Waals surface area (Å²) in [6.07, 6.45) is 4.47. The average Bonchev–Trinajstić information content (AvgIpc) is 3.39. The minimum atomic E-state index is -0.866. The first-order valence-electron chi connectivity index (χ1n) is 12.0. The highest BCUT2D eigenvalue weighted by Crippen LogP contribution is 2.38. The summed E-state index contributed by atoms with van der Waals surface area (Å²) in [4.78, 5) is 54.0. The third-order valence-corrected chi connectivity index (χ3v) is 7.65. The number of carbonyl (C=O) groups is 4. The fourth-order valence-electron chi connectivity index (χ4n) is 5.48. The number of fused-ring (bicyclic) bond motifs is 1. The maximum Gasteiger partial charge on any atom is 0.325 e. The molecule has 2 atom stereocenters. The molecule has 5 rings (SSSR count). The number of hydrogen-bond donors (Lipinski definition) is 2. The van der Waals surface area contributed by atoms with E-state index in [0.29, 0.717) is 49.5 Å². The molecule has 0 aromatic heterocycles. The van der Waals surface area contributed by atoms with Gasteiger partial charge in [0.05, 0.1) is 0 Å². The molecule has 4 aliphatic rings. The second kappa shape index (κ2) is 8.81. The van der Waals surface area contributed by atoms with Gasteiger partial charge in [-0.25, -0.2) is 4.79 Å². The van der Waals surface area contributed by atoms with Gasteiger partial charge in [0.2, 0.25) is 18.6 Å². The summed E-state index contributed by atoms with van der Waals surface area (Å²) in [5.74, 6) is 0.430. The van der Waals surface area contributed by atoms with Gasteiger partial charge in [0.15, 0.2) is 11.5 Å². The molecule has 0 bridgehead atoms. The van der Waals surface area contributed by atoms with Crippen LogP contribution >= 0.6 is 0 Å². The number of piperidine rings is 1. The maximum atomic E-state index is 13.1. The van der Waals surface area contributed by atoms with E-state index in [2.05, 4.69) is 10.6 Å². The molecule has 3 aliphatic heterocycles. The van der Waals surface area contributed by atoms with Crippen LogP contribution in [0.4, 0.5) is 10.5 Å². The lowest BCUT2D eigenvalue weighted by Gasteiger charge is -2.37. The van der Waals surface area contributed by atoms with Crippen LogP contribution < -0.4 is 20.1 Å². The first kappa shape index (κ1) is 22.5. The lowest BCUT2D eigenvalue weighted by Crippen LogP contribution is -2.54. The van der Waals surface area contributed by atoms with Crippen LogP contribution in [0.5, 0.6) is 11.5 Å². The van der Waals surface area contributed by atoms with Crippen molar-refractivity contribution in [2.45, 2.75) is 51.0 Å². The van der Waals surface area contributed by atoms with Crippen LogP contribution in [0.1, 0.15) is 45.4 Å². The van der Waals surface area contributed by atoms with Gasteiger partial charge in [-0.15, -0.1) is 0 Å². The maximum absolute atomic E-state index is 13.1. The summed E-state index contributed by atoms with van der Waals surface area (Å²) in [5, 5.41) is 5.79. The quantitative estimate of drug-likeness (QED) is 0.651. The van der Waals surface area contributed by atoms with Gasteiger partial charge in [0.25, 0.3) is 5.91 Å². The van der Waals surface area contributed by atoms with Crippen molar-refractivity contribution in [1.29, 1.82) is 0 Å². The Balaban J connectivity index is 1.14. The molecule has 3 fully saturated rings. The number of anilines is 1. The summed E-state index contributed by atoms with van der Waals surface area (Å²) in [5.41, 5.74) is -0.229. The summed E-state index contributed by atoms with van der Waals surface area (Å²) >= 11 is 0. The van der Waals surface area contributed by atoms with Crippen LogP contribution in [-0.2, 0) is 14.4 Å². The zero-order valence-corrected chi connectivity index (χ0v) is 19.3. The number of amides is 5. The zero-order valence-electron chi connectivity index (χ0n) is 19.3. The Morgan fingerprint density at radius 2 is 1.88 bits per heavy atom. The van der Waals surface area contributed by atoms with Crippen LogP contribution in [0.15, 0.2) is 18.2 Å². The van der Waals surface area contributed by atoms with E-state index in [0.717, 1.165) is 24.2 Å². The number of urea groups is 1. The molecule has 10 nitrogen and oxygen atoms in total. The van der Waals surface area contributed by atoms with Gasteiger partial charge >= 0.3 is 6.03 Å². The van der Waals surface area contributed by atoms with Crippen LogP contribution in [0.3, 0.4) is 0 Å². The van der Waals surface area contributed by atoms with Crippen LogP contribution in [0.25, 0.3) is 0 Å². The predicted octanol–water partition coefficient (Wildman–Crippen LogP) is 2.09. The molecule has 1 saturated carbocycles. The van der Waals surface area contributed by atoms with Crippen molar-refractivity contribution in [3.05, 3.63) is 18.2 Å². The van der Waals surface area contributed by atoms with Crippen LogP contribution in [0.2, 0.25) is 0 Å². The Morgan fingerprint density at radius 3 is 2.65 bits per heavy atom. The number of imide groups is 1. The van der Waals surface area contributed by atoms with Gasteiger partial charge in [-0.2, -0.15) is 0 Å². The standard InChI is InChI=1S/C24H30N4O6/c1-15-4-2-3-9-24(15)22(31)28(23(32)26-24)13-20(29)27-10-7-16(8-11-27)21(30)25-17-5-6-18-19(12-17)34-14-33-18/h5-6,12,15-16H,2-4,7-11,13-14H2,1H3,(H,25,30)(H,26,32). The molecule has 5 amide bonds. The highest BCUT2D eigenvalue weighted by Gasteiger charge is 2.55. The minimum Gasteiger partial charge on any atom is -0.454 e. The molecule has 0 radical (unpaired) electrons. The molecule has 2 unspecified atom stereocenters. The Hall–Kier alpha value is -3.30. The van der Waals surface area contributed by atoms with Crippen LogP contribution in [-0.4, -0.2) is 65.5 Å². The number of benzene rings is 1. The van der Waals surface area contributed by atoms with Gasteiger partial charge < -0.3 is 25.0 Å². The van der Waals surface area contributed by atoms with Gasteiger partial charge in [-0.05, 0) is 43.7 Å². The molecule has 3 heterocycles. The number of hydrogen-bond acceptors (Lipinski definition) is 6. The summed E-state index contributed by atoms with van der Waals surface area (Å²) < 4.78 is 10.6. The fraction of sp³-hybridized carbons (Fsp3) is 0.583. The Bertz CT molecular complexity index is 1020. The number of nitrogens with one attached hydrogen (secondary N) is 2. The lowest BCUT2D eigenvalue weighted by molar-refractivity contribution is -0.141. The highest BCUT2D eigenvalue weighted by atomic mass is 16.7. The van der Waals surface area contributed by atoms with Crippen molar-refractivity contribution >= 4 is 29.4 Å². The van der Waals surface area contributed by atoms with Crippen molar-refractivity contribution in [1.82, 2.24) is 15.1 Å². The Labute approximate surface area is 197 Å². The van der Waals surface area contributed by atoms with E-state index >= 15 is 0 Å². The first-order valence-corrected chi connectivity index (χ1v) is 12.0. The summed E-state index contributed by atoms with van der Waals surface area (Å²) in [7, 11) is 0. The second-order valence-corrected chi connectivity index (χ2v) is 9.65. The predicted molar refractivity (Wildman–Crippen MR) is 121 cm³/mol. The van der Waals surface area contributed by atoms with E-state index in [-0.39, 0.29) is 42.9 Å². The van der Waals surface area contributed by atoms with E-state index < -0.39 is 11.6 Å². The first-order chi connectivity index (χ1) is 16.4. The second-order valence-electron chi connectivity index (χ2n) is 9.65. The van der Waals surface area contributed by atoms with Crippen molar-refractivity contribution in [3.8, 4) is 11.5 Å². The fourth-order valence-corrected chi connectivity index (χ4v) is 5.48. The number of nitrogens with zero attached hydrogens (tertiary/aromatic N) is 2. The van der Waals surface area contributed by atoms with Gasteiger partial charge in [-0.3, -0.25) is 19.3 Å². The molecular formula is C24H30N4O6. The molecule has 2 N–H and O–H groups in total. The number of carbonyl (C=O) groups excluding carboxylic acids is 4. The third kappa shape index (κ3) is 3.95. The monoisotopic (exact) mass is 470 g/mol. The average molecular weight is 471 g/mol. The van der Waals surface area contributed by atoms with Gasteiger partial charge in [0, 0.05) is 30.8 Å². The Kier molecular flexibility index (Phi) is 5.83. The molecule has 1 aromatic carbocycles. The van der Waals surface area contributed by atoms with Crippen molar-refractivity contribution < 1.29 is 28.7 Å². The molecule has 182 valence electrons. The van der Waals surface area contributed by atoms with E-state index in [1.54, 1.807) is 23.1 Å². The third-order valence-electron chi connectivity index (χ3n) is 7.65. The number of ether oxygens (including phenoxy) is 2. The van der Waals surface area contributed by atoms with Crippen molar-refractivity contribution in [3.63, 3.8) is 0 Å². The van der Waals surface area contributed by atoms with Crippen molar-refractivity contribution in [2.75, 3.05) is 31.7 Å². The minimum absolute atomic E-state index is 0.0526. The van der Waals surface area contributed by atoms with E-state index in [9.17, 15) is 19.2 Å². The highest BCUT2D eigenvalue weighted by molar-refractivity contribution is 6.09. The number of likely N-dealkylation sites (tertiary alicyclic amines) is 1. The summed E-state index contributed by atoms with van der Waals surface area (Å²) in [6.45, 7) is 2.71. The van der Waals surface area contributed by atoms with Crippen molar-refractivity contribution in [2.24, 2.45) is 11.8 Å². The van der Waals surface area contributed by atoms with E-state index in [4.69, 9.17) is 9.47 Å². The SMILES string of the molecule is CC1CCCCC12NC(=O)N(CC(=O)N1CCC(C(=O)Nc3ccc4c(c3)OCO4)CC1)C2=O. The molecule has 1 aliphatic carbocycles. The molecule has 10 heteroatoms. The topological polar surface area (TPSA) is 117 Å².